The Morgan fingerprint density at radius 1 is 1.09 bits per heavy atom. The second-order valence-corrected chi connectivity index (χ2v) is 5.40. The number of fused-ring (bicyclic) bond motifs is 1. The molecule has 114 valence electrons. The number of hydrogen-bond acceptors (Lipinski definition) is 2. The molecule has 1 aromatic carbocycles. The highest BCUT2D eigenvalue weighted by atomic mass is 16.2. The van der Waals surface area contributed by atoms with Crippen molar-refractivity contribution in [1.82, 2.24) is 13.7 Å². The molecule has 22 heavy (non-hydrogen) atoms. The first kappa shape index (κ1) is 14.2. The Balaban J connectivity index is 1.90. The second-order valence-electron chi connectivity index (χ2n) is 5.40. The van der Waals surface area contributed by atoms with Crippen LogP contribution in [0, 0.1) is 0 Å². The van der Waals surface area contributed by atoms with E-state index in [-0.39, 0.29) is 17.6 Å². The molecule has 0 aliphatic carbocycles. The van der Waals surface area contributed by atoms with Gasteiger partial charge in [-0.1, -0.05) is 0 Å². The smallest absolute Gasteiger partial charge is 0.328 e. The third-order valence-electron chi connectivity index (χ3n) is 3.99. The number of aromatic nitrogens is 3. The highest BCUT2D eigenvalue weighted by Crippen LogP contribution is 2.19. The fourth-order valence-electron chi connectivity index (χ4n) is 2.57. The van der Waals surface area contributed by atoms with Gasteiger partial charge in [0.2, 0.25) is 5.91 Å². The van der Waals surface area contributed by atoms with Gasteiger partial charge >= 0.3 is 5.69 Å². The summed E-state index contributed by atoms with van der Waals surface area (Å²) in [7, 11) is 3.45. The number of nitrogens with zero attached hydrogens (tertiary/aromatic N) is 3. The Hall–Kier alpha value is -2.76. The average molecular weight is 298 g/mol. The third-order valence-corrected chi connectivity index (χ3v) is 3.99. The summed E-state index contributed by atoms with van der Waals surface area (Å²) in [6.45, 7) is 1.84. The highest BCUT2D eigenvalue weighted by molar-refractivity contribution is 5.95. The minimum absolute atomic E-state index is 0.0841. The van der Waals surface area contributed by atoms with Crippen LogP contribution >= 0.6 is 0 Å². The number of rotatable bonds is 3. The minimum Gasteiger partial charge on any atom is -0.342 e. The molecule has 0 saturated heterocycles. The first-order chi connectivity index (χ1) is 10.5. The summed E-state index contributed by atoms with van der Waals surface area (Å²) in [6, 6.07) is 8.93. The van der Waals surface area contributed by atoms with Crippen LogP contribution in [0.25, 0.3) is 11.0 Å². The van der Waals surface area contributed by atoms with Gasteiger partial charge in [0.15, 0.2) is 0 Å². The summed E-state index contributed by atoms with van der Waals surface area (Å²) in [4.78, 5) is 24.2. The largest absolute Gasteiger partial charge is 0.342 e. The van der Waals surface area contributed by atoms with Crippen molar-refractivity contribution in [2.75, 3.05) is 5.32 Å². The number of carbonyl (C=O) groups is 1. The van der Waals surface area contributed by atoms with Crippen LogP contribution in [0.1, 0.15) is 13.0 Å². The van der Waals surface area contributed by atoms with Gasteiger partial charge in [-0.3, -0.25) is 13.9 Å². The van der Waals surface area contributed by atoms with Crippen LogP contribution in [0.2, 0.25) is 0 Å². The van der Waals surface area contributed by atoms with E-state index >= 15 is 0 Å². The maximum Gasteiger partial charge on any atom is 0.328 e. The van der Waals surface area contributed by atoms with Crippen LogP contribution in [0.15, 0.2) is 47.5 Å². The van der Waals surface area contributed by atoms with E-state index in [0.29, 0.717) is 5.69 Å². The van der Waals surface area contributed by atoms with Crippen molar-refractivity contribution in [2.24, 2.45) is 14.1 Å². The first-order valence-electron chi connectivity index (χ1n) is 7.08. The van der Waals surface area contributed by atoms with Gasteiger partial charge in [0.05, 0.1) is 11.0 Å². The molecule has 3 rings (SSSR count). The first-order valence-corrected chi connectivity index (χ1v) is 7.08. The van der Waals surface area contributed by atoms with Gasteiger partial charge in [0.1, 0.15) is 6.04 Å². The molecule has 2 heterocycles. The van der Waals surface area contributed by atoms with Crippen molar-refractivity contribution in [1.29, 1.82) is 0 Å². The Bertz CT molecular complexity index is 887. The predicted molar refractivity (Wildman–Crippen MR) is 85.9 cm³/mol. The van der Waals surface area contributed by atoms with Crippen LogP contribution in [0.5, 0.6) is 0 Å². The topological polar surface area (TPSA) is 61.0 Å². The average Bonchev–Trinajstić information content (AvgIpc) is 3.12. The molecule has 6 nitrogen and oxygen atoms in total. The van der Waals surface area contributed by atoms with Gasteiger partial charge in [-0.15, -0.1) is 0 Å². The van der Waals surface area contributed by atoms with E-state index in [0.717, 1.165) is 11.0 Å². The molecular weight excluding hydrogens is 280 g/mol. The Morgan fingerprint density at radius 3 is 2.41 bits per heavy atom. The fourth-order valence-corrected chi connectivity index (χ4v) is 2.57. The molecular formula is C16H18N4O2. The van der Waals surface area contributed by atoms with E-state index in [1.165, 1.54) is 0 Å². The minimum atomic E-state index is -0.301. The number of hydrogen-bond donors (Lipinski definition) is 1. The van der Waals surface area contributed by atoms with Gasteiger partial charge in [-0.05, 0) is 37.3 Å². The van der Waals surface area contributed by atoms with Crippen molar-refractivity contribution in [3.63, 3.8) is 0 Å². The lowest BCUT2D eigenvalue weighted by Crippen LogP contribution is -2.22. The Morgan fingerprint density at radius 2 is 1.73 bits per heavy atom. The lowest BCUT2D eigenvalue weighted by atomic mass is 10.2. The number of carbonyl (C=O) groups excluding carboxylic acids is 1. The maximum atomic E-state index is 12.3. The van der Waals surface area contributed by atoms with Crippen molar-refractivity contribution in [3.05, 3.63) is 53.2 Å². The summed E-state index contributed by atoms with van der Waals surface area (Å²) in [6.07, 6.45) is 3.71. The molecule has 2 aromatic heterocycles. The zero-order valence-electron chi connectivity index (χ0n) is 12.8. The van der Waals surface area contributed by atoms with E-state index in [4.69, 9.17) is 0 Å². The quantitative estimate of drug-likeness (QED) is 0.802. The summed E-state index contributed by atoms with van der Waals surface area (Å²) in [5, 5.41) is 2.89. The van der Waals surface area contributed by atoms with Crippen LogP contribution in [0.3, 0.4) is 0 Å². The highest BCUT2D eigenvalue weighted by Gasteiger charge is 2.15. The summed E-state index contributed by atoms with van der Waals surface area (Å²) in [5.41, 5.74) is 2.22. The maximum absolute atomic E-state index is 12.3. The molecule has 0 spiro atoms. The van der Waals surface area contributed by atoms with Crippen molar-refractivity contribution < 1.29 is 4.79 Å². The lowest BCUT2D eigenvalue weighted by molar-refractivity contribution is -0.118. The molecule has 0 saturated carbocycles. The number of nitrogens with one attached hydrogen (secondary N) is 1. The van der Waals surface area contributed by atoms with E-state index in [9.17, 15) is 9.59 Å². The number of amides is 1. The van der Waals surface area contributed by atoms with Gasteiger partial charge in [0, 0.05) is 32.2 Å². The van der Waals surface area contributed by atoms with Gasteiger partial charge in [0.25, 0.3) is 0 Å². The zero-order valence-corrected chi connectivity index (χ0v) is 12.8. The second kappa shape index (κ2) is 5.22. The molecule has 0 bridgehead atoms. The van der Waals surface area contributed by atoms with Crippen LogP contribution in [-0.2, 0) is 18.9 Å². The fraction of sp³-hybridized carbons (Fsp3) is 0.250. The molecule has 0 unspecified atom stereocenters. The van der Waals surface area contributed by atoms with Crippen molar-refractivity contribution in [2.45, 2.75) is 13.0 Å². The number of imidazole rings is 1. The van der Waals surface area contributed by atoms with Crippen molar-refractivity contribution in [3.8, 4) is 0 Å². The molecule has 0 aliphatic rings. The molecule has 6 heteroatoms. The van der Waals surface area contributed by atoms with Crippen LogP contribution < -0.4 is 11.0 Å². The molecule has 1 atom stereocenters. The summed E-state index contributed by atoms with van der Waals surface area (Å²) >= 11 is 0. The predicted octanol–water partition coefficient (Wildman–Crippen LogP) is 1.88. The molecule has 3 aromatic rings. The number of benzene rings is 1. The van der Waals surface area contributed by atoms with E-state index in [1.54, 1.807) is 23.2 Å². The van der Waals surface area contributed by atoms with Crippen LogP contribution in [0.4, 0.5) is 5.69 Å². The molecule has 0 fully saturated rings. The normalized spacial score (nSPS) is 12.5. The number of anilines is 1. The Kier molecular flexibility index (Phi) is 3.36. The summed E-state index contributed by atoms with van der Waals surface area (Å²) < 4.78 is 5.00. The standard InChI is InChI=1S/C16H18N4O2/c1-11(20-8-4-5-9-20)15(21)17-12-6-7-13-14(10-12)19(3)16(22)18(13)2/h4-11H,1-3H3,(H,17,21)/t11-/m0/s1. The van der Waals surface area contributed by atoms with Gasteiger partial charge in [-0.2, -0.15) is 0 Å². The molecule has 0 aliphatic heterocycles. The molecule has 1 N–H and O–H groups in total. The SMILES string of the molecule is C[C@@H](C(=O)Nc1ccc2c(c1)n(C)c(=O)n2C)n1cccc1. The molecule has 0 radical (unpaired) electrons. The lowest BCUT2D eigenvalue weighted by Gasteiger charge is -2.14. The Labute approximate surface area is 127 Å². The molecule has 1 amide bonds. The summed E-state index contributed by atoms with van der Waals surface area (Å²) in [5.74, 6) is -0.100. The van der Waals surface area contributed by atoms with Gasteiger partial charge in [-0.25, -0.2) is 4.79 Å². The third kappa shape index (κ3) is 2.22. The van der Waals surface area contributed by atoms with E-state index in [1.807, 2.05) is 54.2 Å². The van der Waals surface area contributed by atoms with E-state index < -0.39 is 0 Å². The van der Waals surface area contributed by atoms with Crippen LogP contribution in [-0.4, -0.2) is 19.6 Å². The van der Waals surface area contributed by atoms with E-state index in [2.05, 4.69) is 5.32 Å². The zero-order chi connectivity index (χ0) is 15.9. The number of aryl methyl sites for hydroxylation is 2. The van der Waals surface area contributed by atoms with Crippen molar-refractivity contribution >= 4 is 22.6 Å². The van der Waals surface area contributed by atoms with Gasteiger partial charge < -0.3 is 9.88 Å². The monoisotopic (exact) mass is 298 g/mol.